The predicted molar refractivity (Wildman–Crippen MR) is 66.4 cm³/mol. The Morgan fingerprint density at radius 1 is 1.00 bits per heavy atom. The number of aromatic nitrogens is 3. The van der Waals surface area contributed by atoms with Gasteiger partial charge >= 0.3 is 0 Å². The second-order valence-corrected chi connectivity index (χ2v) is 4.40. The molecule has 2 aromatic rings. The van der Waals surface area contributed by atoms with Crippen LogP contribution in [0.5, 0.6) is 11.6 Å². The summed E-state index contributed by atoms with van der Waals surface area (Å²) >= 11 is 23.5. The third-order valence-corrected chi connectivity index (χ3v) is 3.50. The smallest absolute Gasteiger partial charge is 0.242 e. The standard InChI is InChI=1S/C9H3Cl4N3O/c10-4-3-5(8(12)9(13)7(4)11)17-6-1-2-14-16-15-6/h1-3H. The van der Waals surface area contributed by atoms with Crippen LogP contribution >= 0.6 is 46.4 Å². The zero-order valence-corrected chi connectivity index (χ0v) is 11.0. The Bertz CT molecular complexity index is 550. The molecule has 8 heteroatoms. The first-order valence-electron chi connectivity index (χ1n) is 4.25. The van der Waals surface area contributed by atoms with Crippen molar-refractivity contribution < 1.29 is 4.74 Å². The van der Waals surface area contributed by atoms with Crippen molar-refractivity contribution in [3.05, 3.63) is 38.4 Å². The minimum Gasteiger partial charge on any atom is -0.436 e. The number of hydrogen-bond acceptors (Lipinski definition) is 4. The minimum atomic E-state index is 0.123. The van der Waals surface area contributed by atoms with Crippen LogP contribution in [-0.2, 0) is 0 Å². The third-order valence-electron chi connectivity index (χ3n) is 1.76. The van der Waals surface area contributed by atoms with Crippen LogP contribution in [0, 0.1) is 0 Å². The lowest BCUT2D eigenvalue weighted by molar-refractivity contribution is 0.450. The van der Waals surface area contributed by atoms with E-state index in [1.54, 1.807) is 0 Å². The molecule has 0 atom stereocenters. The van der Waals surface area contributed by atoms with E-state index >= 15 is 0 Å². The maximum absolute atomic E-state index is 5.96. The van der Waals surface area contributed by atoms with E-state index in [2.05, 4.69) is 15.4 Å². The van der Waals surface area contributed by atoms with E-state index in [1.165, 1.54) is 18.3 Å². The van der Waals surface area contributed by atoms with Crippen molar-refractivity contribution in [1.82, 2.24) is 15.4 Å². The lowest BCUT2D eigenvalue weighted by Gasteiger charge is -2.09. The summed E-state index contributed by atoms with van der Waals surface area (Å²) in [5.41, 5.74) is 0. The molecular formula is C9H3Cl4N3O. The molecule has 17 heavy (non-hydrogen) atoms. The van der Waals surface area contributed by atoms with Crippen molar-refractivity contribution in [2.24, 2.45) is 0 Å². The first kappa shape index (κ1) is 12.6. The molecule has 0 radical (unpaired) electrons. The van der Waals surface area contributed by atoms with E-state index in [-0.39, 0.29) is 31.7 Å². The van der Waals surface area contributed by atoms with Crippen molar-refractivity contribution in [2.45, 2.75) is 0 Å². The molecule has 4 nitrogen and oxygen atoms in total. The number of halogens is 4. The highest BCUT2D eigenvalue weighted by Gasteiger charge is 2.15. The summed E-state index contributed by atoms with van der Waals surface area (Å²) in [6.45, 7) is 0. The van der Waals surface area contributed by atoms with E-state index in [9.17, 15) is 0 Å². The predicted octanol–water partition coefficient (Wildman–Crippen LogP) is 4.28. The monoisotopic (exact) mass is 309 g/mol. The summed E-state index contributed by atoms with van der Waals surface area (Å²) in [5.74, 6) is 0.461. The number of hydrogen-bond donors (Lipinski definition) is 0. The Hall–Kier alpha value is -0.810. The van der Waals surface area contributed by atoms with Crippen LogP contribution in [0.1, 0.15) is 0 Å². The quantitative estimate of drug-likeness (QED) is 0.613. The second kappa shape index (κ2) is 5.23. The SMILES string of the molecule is Clc1cc(Oc2ccnnn2)c(Cl)c(Cl)c1Cl. The van der Waals surface area contributed by atoms with Crippen LogP contribution in [0.15, 0.2) is 18.3 Å². The van der Waals surface area contributed by atoms with Crippen LogP contribution in [0.3, 0.4) is 0 Å². The first-order valence-corrected chi connectivity index (χ1v) is 5.76. The third kappa shape index (κ3) is 2.72. The van der Waals surface area contributed by atoms with Crippen LogP contribution in [0.4, 0.5) is 0 Å². The average molecular weight is 311 g/mol. The highest BCUT2D eigenvalue weighted by Crippen LogP contribution is 2.42. The number of rotatable bonds is 2. The maximum Gasteiger partial charge on any atom is 0.242 e. The maximum atomic E-state index is 5.96. The minimum absolute atomic E-state index is 0.123. The molecule has 2 rings (SSSR count). The van der Waals surface area contributed by atoms with Gasteiger partial charge in [0.1, 0.15) is 5.02 Å². The molecule has 0 N–H and O–H groups in total. The van der Waals surface area contributed by atoms with Gasteiger partial charge in [0, 0.05) is 12.1 Å². The van der Waals surface area contributed by atoms with Gasteiger partial charge in [0.15, 0.2) is 5.75 Å². The van der Waals surface area contributed by atoms with Crippen LogP contribution in [0.25, 0.3) is 0 Å². The summed E-state index contributed by atoms with van der Waals surface area (Å²) in [7, 11) is 0. The highest BCUT2D eigenvalue weighted by molar-refractivity contribution is 6.52. The molecule has 0 amide bonds. The fourth-order valence-electron chi connectivity index (χ4n) is 1.02. The molecule has 1 aromatic heterocycles. The Kier molecular flexibility index (Phi) is 3.89. The van der Waals surface area contributed by atoms with Crippen LogP contribution in [-0.4, -0.2) is 15.4 Å². The van der Waals surface area contributed by atoms with Gasteiger partial charge < -0.3 is 4.74 Å². The fourth-order valence-corrected chi connectivity index (χ4v) is 1.84. The zero-order chi connectivity index (χ0) is 12.4. The molecule has 1 heterocycles. The number of benzene rings is 1. The fraction of sp³-hybridized carbons (Fsp3) is 0. The van der Waals surface area contributed by atoms with Gasteiger partial charge in [0.2, 0.25) is 5.88 Å². The molecule has 0 aliphatic rings. The number of ether oxygens (including phenoxy) is 1. The van der Waals surface area contributed by atoms with Gasteiger partial charge in [-0.3, -0.25) is 0 Å². The summed E-state index contributed by atoms with van der Waals surface area (Å²) in [4.78, 5) is 0. The largest absolute Gasteiger partial charge is 0.436 e. The second-order valence-electron chi connectivity index (χ2n) is 2.86. The summed E-state index contributed by atoms with van der Waals surface area (Å²) in [6.07, 6.45) is 1.43. The van der Waals surface area contributed by atoms with Crippen molar-refractivity contribution in [2.75, 3.05) is 0 Å². The molecule has 0 aliphatic heterocycles. The topological polar surface area (TPSA) is 47.9 Å². The molecule has 0 unspecified atom stereocenters. The average Bonchev–Trinajstić information content (AvgIpc) is 2.35. The van der Waals surface area contributed by atoms with Gasteiger partial charge in [-0.2, -0.15) is 0 Å². The van der Waals surface area contributed by atoms with E-state index in [0.29, 0.717) is 0 Å². The van der Waals surface area contributed by atoms with Gasteiger partial charge in [-0.15, -0.1) is 5.10 Å². The molecule has 0 saturated carbocycles. The van der Waals surface area contributed by atoms with Crippen molar-refractivity contribution >= 4 is 46.4 Å². The summed E-state index contributed by atoms with van der Waals surface area (Å²) in [5, 5.41) is 11.2. The van der Waals surface area contributed by atoms with Crippen molar-refractivity contribution in [1.29, 1.82) is 0 Å². The molecule has 0 aliphatic carbocycles. The Morgan fingerprint density at radius 2 is 1.76 bits per heavy atom. The Balaban J connectivity index is 2.41. The van der Waals surface area contributed by atoms with Gasteiger partial charge in [-0.1, -0.05) is 51.5 Å². The molecule has 0 bridgehead atoms. The molecule has 88 valence electrons. The van der Waals surface area contributed by atoms with E-state index in [4.69, 9.17) is 51.1 Å². The van der Waals surface area contributed by atoms with Gasteiger partial charge in [-0.25, -0.2) is 0 Å². The van der Waals surface area contributed by atoms with Crippen LogP contribution < -0.4 is 4.74 Å². The van der Waals surface area contributed by atoms with Crippen molar-refractivity contribution in [3.63, 3.8) is 0 Å². The Morgan fingerprint density at radius 3 is 2.41 bits per heavy atom. The van der Waals surface area contributed by atoms with E-state index in [0.717, 1.165) is 0 Å². The molecule has 1 aromatic carbocycles. The van der Waals surface area contributed by atoms with Gasteiger partial charge in [0.25, 0.3) is 0 Å². The number of nitrogens with zero attached hydrogens (tertiary/aromatic N) is 3. The van der Waals surface area contributed by atoms with E-state index in [1.807, 2.05) is 0 Å². The first-order chi connectivity index (χ1) is 8.09. The van der Waals surface area contributed by atoms with E-state index < -0.39 is 0 Å². The van der Waals surface area contributed by atoms with Gasteiger partial charge in [0.05, 0.1) is 21.3 Å². The molecule has 0 spiro atoms. The lowest BCUT2D eigenvalue weighted by Crippen LogP contribution is -1.92. The molecule has 0 fully saturated rings. The normalized spacial score (nSPS) is 10.4. The van der Waals surface area contributed by atoms with Crippen molar-refractivity contribution in [3.8, 4) is 11.6 Å². The highest BCUT2D eigenvalue weighted by atomic mass is 35.5. The summed E-state index contributed by atoms with van der Waals surface area (Å²) < 4.78 is 5.35. The summed E-state index contributed by atoms with van der Waals surface area (Å²) in [6, 6.07) is 2.96. The Labute approximate surface area is 116 Å². The van der Waals surface area contributed by atoms with Crippen LogP contribution in [0.2, 0.25) is 20.1 Å². The van der Waals surface area contributed by atoms with Gasteiger partial charge in [-0.05, 0) is 5.21 Å². The molecular weight excluding hydrogens is 308 g/mol. The molecule has 0 saturated heterocycles. The zero-order valence-electron chi connectivity index (χ0n) is 7.99. The lowest BCUT2D eigenvalue weighted by atomic mass is 10.3.